The maximum Gasteiger partial charge on any atom is 0.253 e. The van der Waals surface area contributed by atoms with Gasteiger partial charge in [0.15, 0.2) is 5.78 Å². The number of piperidine rings is 1. The Hall–Kier alpha value is -2.63. The molecule has 1 amide bonds. The Bertz CT molecular complexity index is 805. The second-order valence-electron chi connectivity index (χ2n) is 6.09. The van der Waals surface area contributed by atoms with Crippen LogP contribution in [0, 0.1) is 23.4 Å². The average Bonchev–Trinajstić information content (AvgIpc) is 2.63. The molecule has 1 saturated heterocycles. The van der Waals surface area contributed by atoms with Gasteiger partial charge in [0, 0.05) is 24.6 Å². The third kappa shape index (κ3) is 3.73. The molecular formula is C19H16F3NO2. The Labute approximate surface area is 143 Å². The van der Waals surface area contributed by atoms with Crippen LogP contribution in [0.5, 0.6) is 0 Å². The Morgan fingerprint density at radius 2 is 1.64 bits per heavy atom. The van der Waals surface area contributed by atoms with E-state index in [4.69, 9.17) is 0 Å². The summed E-state index contributed by atoms with van der Waals surface area (Å²) in [6.07, 6.45) is 1.09. The summed E-state index contributed by atoms with van der Waals surface area (Å²) in [5, 5.41) is 0. The van der Waals surface area contributed by atoms with Gasteiger partial charge in [0.1, 0.15) is 17.5 Å². The van der Waals surface area contributed by atoms with Crippen LogP contribution in [-0.2, 0) is 0 Å². The smallest absolute Gasteiger partial charge is 0.253 e. The molecule has 1 atom stereocenters. The van der Waals surface area contributed by atoms with Gasteiger partial charge in [-0.3, -0.25) is 9.59 Å². The second-order valence-corrected chi connectivity index (χ2v) is 6.09. The Kier molecular flexibility index (Phi) is 4.88. The van der Waals surface area contributed by atoms with Crippen molar-refractivity contribution in [2.75, 3.05) is 13.1 Å². The van der Waals surface area contributed by atoms with Crippen LogP contribution < -0.4 is 0 Å². The molecule has 130 valence electrons. The fourth-order valence-corrected chi connectivity index (χ4v) is 3.06. The molecule has 1 aliphatic rings. The fraction of sp³-hybridized carbons (Fsp3) is 0.263. The standard InChI is InChI=1S/C19H16F3NO2/c20-14-5-3-12(4-6-14)19(25)23-9-1-2-13(11-23)18(24)16-10-15(21)7-8-17(16)22/h3-8,10,13H,1-2,9,11H2. The summed E-state index contributed by atoms with van der Waals surface area (Å²) in [5.41, 5.74) is 0.0347. The maximum atomic E-state index is 13.8. The first-order valence-electron chi connectivity index (χ1n) is 8.00. The van der Waals surface area contributed by atoms with Crippen LogP contribution in [0.25, 0.3) is 0 Å². The molecule has 0 saturated carbocycles. The van der Waals surface area contributed by atoms with Gasteiger partial charge in [-0.15, -0.1) is 0 Å². The molecule has 2 aromatic carbocycles. The molecule has 2 aromatic rings. The SMILES string of the molecule is O=C(c1cc(F)ccc1F)C1CCCN(C(=O)c2ccc(F)cc2)C1. The molecule has 0 radical (unpaired) electrons. The summed E-state index contributed by atoms with van der Waals surface area (Å²) >= 11 is 0. The number of benzene rings is 2. The molecule has 1 heterocycles. The van der Waals surface area contributed by atoms with Crippen molar-refractivity contribution in [1.82, 2.24) is 4.90 Å². The minimum absolute atomic E-state index is 0.130. The van der Waals surface area contributed by atoms with E-state index in [1.165, 1.54) is 29.2 Å². The minimum Gasteiger partial charge on any atom is -0.338 e. The number of halogens is 3. The lowest BCUT2D eigenvalue weighted by Gasteiger charge is -2.32. The highest BCUT2D eigenvalue weighted by molar-refractivity contribution is 5.99. The van der Waals surface area contributed by atoms with Crippen molar-refractivity contribution in [2.24, 2.45) is 5.92 Å². The van der Waals surface area contributed by atoms with Gasteiger partial charge < -0.3 is 4.90 Å². The number of carbonyl (C=O) groups excluding carboxylic acids is 2. The van der Waals surface area contributed by atoms with Crippen LogP contribution in [0.15, 0.2) is 42.5 Å². The van der Waals surface area contributed by atoms with E-state index in [1.807, 2.05) is 0 Å². The molecule has 3 rings (SSSR count). The van der Waals surface area contributed by atoms with Crippen LogP contribution >= 0.6 is 0 Å². The summed E-state index contributed by atoms with van der Waals surface area (Å²) in [7, 11) is 0. The minimum atomic E-state index is -0.770. The monoisotopic (exact) mass is 347 g/mol. The Morgan fingerprint density at radius 1 is 0.960 bits per heavy atom. The highest BCUT2D eigenvalue weighted by atomic mass is 19.1. The number of Topliss-reactive ketones (excluding diaryl/α,β-unsaturated/α-hetero) is 1. The van der Waals surface area contributed by atoms with E-state index in [-0.39, 0.29) is 18.0 Å². The largest absolute Gasteiger partial charge is 0.338 e. The number of hydrogen-bond acceptors (Lipinski definition) is 2. The van der Waals surface area contributed by atoms with E-state index in [0.29, 0.717) is 24.9 Å². The first-order chi connectivity index (χ1) is 12.0. The van der Waals surface area contributed by atoms with E-state index in [1.54, 1.807) is 0 Å². The van der Waals surface area contributed by atoms with Crippen LogP contribution in [-0.4, -0.2) is 29.7 Å². The van der Waals surface area contributed by atoms with Gasteiger partial charge in [-0.25, -0.2) is 13.2 Å². The molecule has 0 spiro atoms. The van der Waals surface area contributed by atoms with Crippen molar-refractivity contribution < 1.29 is 22.8 Å². The molecular weight excluding hydrogens is 331 g/mol. The quantitative estimate of drug-likeness (QED) is 0.791. The van der Waals surface area contributed by atoms with Crippen LogP contribution in [0.3, 0.4) is 0 Å². The van der Waals surface area contributed by atoms with E-state index >= 15 is 0 Å². The summed E-state index contributed by atoms with van der Waals surface area (Å²) in [6.45, 7) is 0.594. The van der Waals surface area contributed by atoms with Gasteiger partial charge >= 0.3 is 0 Å². The molecule has 1 fully saturated rings. The van der Waals surface area contributed by atoms with Crippen molar-refractivity contribution in [2.45, 2.75) is 12.8 Å². The number of amides is 1. The lowest BCUT2D eigenvalue weighted by molar-refractivity contribution is 0.0635. The number of ketones is 1. The first-order valence-corrected chi connectivity index (χ1v) is 8.00. The lowest BCUT2D eigenvalue weighted by Crippen LogP contribution is -2.42. The molecule has 0 bridgehead atoms. The highest BCUT2D eigenvalue weighted by Crippen LogP contribution is 2.24. The van der Waals surface area contributed by atoms with E-state index in [0.717, 1.165) is 18.2 Å². The zero-order valence-corrected chi connectivity index (χ0v) is 13.3. The molecule has 0 aliphatic carbocycles. The molecule has 0 N–H and O–H groups in total. The van der Waals surface area contributed by atoms with Gasteiger partial charge in [-0.05, 0) is 55.3 Å². The zero-order chi connectivity index (χ0) is 18.0. The lowest BCUT2D eigenvalue weighted by atomic mass is 9.89. The molecule has 6 heteroatoms. The molecule has 1 unspecified atom stereocenters. The maximum absolute atomic E-state index is 13.8. The molecule has 0 aromatic heterocycles. The predicted octanol–water partition coefficient (Wildman–Crippen LogP) is 3.84. The average molecular weight is 347 g/mol. The fourth-order valence-electron chi connectivity index (χ4n) is 3.06. The number of likely N-dealkylation sites (tertiary alicyclic amines) is 1. The number of nitrogens with zero attached hydrogens (tertiary/aromatic N) is 1. The van der Waals surface area contributed by atoms with Gasteiger partial charge in [-0.2, -0.15) is 0 Å². The number of hydrogen-bond donors (Lipinski definition) is 0. The molecule has 3 nitrogen and oxygen atoms in total. The Balaban J connectivity index is 1.76. The predicted molar refractivity (Wildman–Crippen MR) is 85.7 cm³/mol. The summed E-state index contributed by atoms with van der Waals surface area (Å²) in [5.74, 6) is -3.29. The third-order valence-electron chi connectivity index (χ3n) is 4.36. The van der Waals surface area contributed by atoms with Gasteiger partial charge in [0.25, 0.3) is 5.91 Å². The van der Waals surface area contributed by atoms with Gasteiger partial charge in [0.05, 0.1) is 5.56 Å². The van der Waals surface area contributed by atoms with Crippen molar-refractivity contribution in [3.63, 3.8) is 0 Å². The van der Waals surface area contributed by atoms with E-state index in [2.05, 4.69) is 0 Å². The summed E-state index contributed by atoms with van der Waals surface area (Å²) in [6, 6.07) is 7.93. The van der Waals surface area contributed by atoms with E-state index in [9.17, 15) is 22.8 Å². The normalized spacial score (nSPS) is 17.4. The second kappa shape index (κ2) is 7.09. The van der Waals surface area contributed by atoms with Crippen molar-refractivity contribution >= 4 is 11.7 Å². The van der Waals surface area contributed by atoms with Crippen molar-refractivity contribution in [3.05, 3.63) is 71.0 Å². The zero-order valence-electron chi connectivity index (χ0n) is 13.3. The van der Waals surface area contributed by atoms with Gasteiger partial charge in [-0.1, -0.05) is 0 Å². The first kappa shape index (κ1) is 17.2. The number of carbonyl (C=O) groups is 2. The van der Waals surface area contributed by atoms with Crippen LogP contribution in [0.1, 0.15) is 33.6 Å². The highest BCUT2D eigenvalue weighted by Gasteiger charge is 2.30. The van der Waals surface area contributed by atoms with Crippen molar-refractivity contribution in [3.8, 4) is 0 Å². The molecule has 25 heavy (non-hydrogen) atoms. The summed E-state index contributed by atoms with van der Waals surface area (Å²) in [4.78, 5) is 26.5. The van der Waals surface area contributed by atoms with Crippen LogP contribution in [0.2, 0.25) is 0 Å². The van der Waals surface area contributed by atoms with E-state index < -0.39 is 29.2 Å². The molecule has 1 aliphatic heterocycles. The summed E-state index contributed by atoms with van der Waals surface area (Å²) < 4.78 is 40.1. The van der Waals surface area contributed by atoms with Crippen LogP contribution in [0.4, 0.5) is 13.2 Å². The number of rotatable bonds is 3. The van der Waals surface area contributed by atoms with Crippen molar-refractivity contribution in [1.29, 1.82) is 0 Å². The third-order valence-corrected chi connectivity index (χ3v) is 4.36. The topological polar surface area (TPSA) is 37.4 Å². The van der Waals surface area contributed by atoms with Gasteiger partial charge in [0.2, 0.25) is 0 Å². The Morgan fingerprint density at radius 3 is 2.36 bits per heavy atom.